The third-order valence-electron chi connectivity index (χ3n) is 0.347. The Balaban J connectivity index is 0.000000162. The molecule has 1 heterocycles. The van der Waals surface area contributed by atoms with Gasteiger partial charge in [-0.05, 0) is 17.6 Å². The maximum absolute atomic E-state index is 7.00. The molecular weight excluding hydrogens is 110 g/mol. The van der Waals surface area contributed by atoms with Crippen LogP contribution in [0.25, 0.3) is 0 Å². The number of hydrogen-bond acceptors (Lipinski definition) is 3. The SMILES string of the molecule is CO.c1cnsc1. The molecule has 0 aliphatic rings. The summed E-state index contributed by atoms with van der Waals surface area (Å²) in [7, 11) is 1.00. The Bertz CT molecular complexity index is 68.2. The molecule has 3 heteroatoms. The van der Waals surface area contributed by atoms with Crippen LogP contribution in [-0.2, 0) is 0 Å². The van der Waals surface area contributed by atoms with E-state index in [-0.39, 0.29) is 0 Å². The molecule has 1 rings (SSSR count). The second-order valence-electron chi connectivity index (χ2n) is 0.688. The van der Waals surface area contributed by atoms with Crippen LogP contribution in [0.4, 0.5) is 0 Å². The monoisotopic (exact) mass is 117 g/mol. The van der Waals surface area contributed by atoms with Crippen LogP contribution in [0.5, 0.6) is 0 Å². The van der Waals surface area contributed by atoms with Crippen LogP contribution in [0.1, 0.15) is 0 Å². The average molecular weight is 117 g/mol. The van der Waals surface area contributed by atoms with E-state index >= 15 is 0 Å². The topological polar surface area (TPSA) is 33.1 Å². The first kappa shape index (κ1) is 6.59. The molecule has 40 valence electrons. The van der Waals surface area contributed by atoms with E-state index in [0.717, 1.165) is 7.11 Å². The quantitative estimate of drug-likeness (QED) is 0.544. The summed E-state index contributed by atoms with van der Waals surface area (Å²) >= 11 is 1.46. The van der Waals surface area contributed by atoms with Crippen LogP contribution < -0.4 is 0 Å². The molecule has 0 bridgehead atoms. The lowest BCUT2D eigenvalue weighted by Crippen LogP contribution is -1.32. The molecule has 1 N–H and O–H groups in total. The van der Waals surface area contributed by atoms with Gasteiger partial charge in [-0.2, -0.15) is 0 Å². The first-order chi connectivity index (χ1) is 3.50. The highest BCUT2D eigenvalue weighted by Crippen LogP contribution is 1.83. The minimum Gasteiger partial charge on any atom is -0.400 e. The summed E-state index contributed by atoms with van der Waals surface area (Å²) in [5.74, 6) is 0. The molecule has 2 nitrogen and oxygen atoms in total. The molecule has 7 heavy (non-hydrogen) atoms. The summed E-state index contributed by atoms with van der Waals surface area (Å²) in [5, 5.41) is 8.93. The molecule has 0 spiro atoms. The van der Waals surface area contributed by atoms with E-state index in [0.29, 0.717) is 0 Å². The summed E-state index contributed by atoms with van der Waals surface area (Å²) in [5.41, 5.74) is 0. The lowest BCUT2D eigenvalue weighted by atomic mass is 10.8. The summed E-state index contributed by atoms with van der Waals surface area (Å²) in [4.78, 5) is 0. The van der Waals surface area contributed by atoms with E-state index in [9.17, 15) is 0 Å². The second-order valence-corrected chi connectivity index (χ2v) is 1.38. The van der Waals surface area contributed by atoms with Crippen molar-refractivity contribution in [2.24, 2.45) is 0 Å². The first-order valence-electron chi connectivity index (χ1n) is 1.79. The number of aliphatic hydroxyl groups excluding tert-OH is 1. The van der Waals surface area contributed by atoms with Crippen LogP contribution in [-0.4, -0.2) is 16.6 Å². The number of hydrogen-bond donors (Lipinski definition) is 1. The molecule has 0 radical (unpaired) electrons. The molecule has 0 saturated heterocycles. The number of nitrogens with zero attached hydrogens (tertiary/aromatic N) is 1. The zero-order valence-corrected chi connectivity index (χ0v) is 4.85. The van der Waals surface area contributed by atoms with Crippen molar-refractivity contribution in [2.45, 2.75) is 0 Å². The van der Waals surface area contributed by atoms with Crippen molar-refractivity contribution in [3.63, 3.8) is 0 Å². The predicted molar refractivity (Wildman–Crippen MR) is 30.3 cm³/mol. The Morgan fingerprint density at radius 3 is 2.43 bits per heavy atom. The van der Waals surface area contributed by atoms with Gasteiger partial charge in [0, 0.05) is 18.7 Å². The Morgan fingerprint density at radius 2 is 2.29 bits per heavy atom. The van der Waals surface area contributed by atoms with E-state index in [2.05, 4.69) is 4.37 Å². The fourth-order valence-electron chi connectivity index (χ4n) is 0.176. The maximum atomic E-state index is 7.00. The van der Waals surface area contributed by atoms with E-state index in [1.54, 1.807) is 6.20 Å². The fourth-order valence-corrected chi connectivity index (χ4v) is 0.527. The maximum Gasteiger partial charge on any atom is 0.0406 e. The van der Waals surface area contributed by atoms with Gasteiger partial charge in [-0.25, -0.2) is 4.37 Å². The standard InChI is InChI=1S/C3H3NS.CH4O/c1-2-4-5-3-1;1-2/h1-3H;2H,1H3. The minimum atomic E-state index is 1.00. The molecule has 0 amide bonds. The minimum absolute atomic E-state index is 1.00. The molecule has 1 aromatic rings. The second kappa shape index (κ2) is 5.59. The van der Waals surface area contributed by atoms with Crippen molar-refractivity contribution in [3.05, 3.63) is 17.6 Å². The van der Waals surface area contributed by atoms with Gasteiger partial charge in [-0.3, -0.25) is 0 Å². The van der Waals surface area contributed by atoms with Gasteiger partial charge < -0.3 is 5.11 Å². The van der Waals surface area contributed by atoms with Crippen LogP contribution in [0.15, 0.2) is 17.6 Å². The summed E-state index contributed by atoms with van der Waals surface area (Å²) < 4.78 is 3.76. The van der Waals surface area contributed by atoms with Gasteiger partial charge in [0.05, 0.1) is 0 Å². The average Bonchev–Trinajstić information content (AvgIpc) is 2.23. The molecule has 0 aliphatic heterocycles. The normalized spacial score (nSPS) is 6.57. The van der Waals surface area contributed by atoms with Gasteiger partial charge in [0.2, 0.25) is 0 Å². The van der Waals surface area contributed by atoms with Gasteiger partial charge in [0.25, 0.3) is 0 Å². The summed E-state index contributed by atoms with van der Waals surface area (Å²) in [6, 6.07) is 1.91. The number of rotatable bonds is 0. The van der Waals surface area contributed by atoms with Gasteiger partial charge in [0.1, 0.15) is 0 Å². The summed E-state index contributed by atoms with van der Waals surface area (Å²) in [6.07, 6.45) is 1.77. The van der Waals surface area contributed by atoms with Crippen LogP contribution in [0, 0.1) is 0 Å². The molecule has 0 unspecified atom stereocenters. The Hall–Kier alpha value is -0.410. The molecule has 0 atom stereocenters. The predicted octanol–water partition coefficient (Wildman–Crippen LogP) is 0.752. The molecular formula is C4H7NOS. The van der Waals surface area contributed by atoms with Crippen molar-refractivity contribution < 1.29 is 5.11 Å². The van der Waals surface area contributed by atoms with Gasteiger partial charge >= 0.3 is 0 Å². The number of aromatic nitrogens is 1. The van der Waals surface area contributed by atoms with Crippen LogP contribution in [0.2, 0.25) is 0 Å². The van der Waals surface area contributed by atoms with Gasteiger partial charge in [-0.15, -0.1) is 0 Å². The molecule has 0 saturated carbocycles. The van der Waals surface area contributed by atoms with Crippen LogP contribution >= 0.6 is 11.5 Å². The van der Waals surface area contributed by atoms with E-state index in [4.69, 9.17) is 5.11 Å². The smallest absolute Gasteiger partial charge is 0.0406 e. The summed E-state index contributed by atoms with van der Waals surface area (Å²) in [6.45, 7) is 0. The Kier molecular flexibility index (Phi) is 5.26. The highest BCUT2D eigenvalue weighted by atomic mass is 32.1. The van der Waals surface area contributed by atoms with E-state index in [1.807, 2.05) is 11.4 Å². The molecule has 0 aliphatic carbocycles. The fraction of sp³-hybridized carbons (Fsp3) is 0.250. The van der Waals surface area contributed by atoms with Crippen molar-refractivity contribution in [1.82, 2.24) is 4.37 Å². The van der Waals surface area contributed by atoms with Crippen molar-refractivity contribution >= 4 is 11.5 Å². The Morgan fingerprint density at radius 1 is 1.57 bits per heavy atom. The number of aliphatic hydroxyl groups is 1. The largest absolute Gasteiger partial charge is 0.400 e. The molecule has 0 fully saturated rings. The van der Waals surface area contributed by atoms with Crippen molar-refractivity contribution in [2.75, 3.05) is 7.11 Å². The zero-order chi connectivity index (χ0) is 5.54. The third kappa shape index (κ3) is 3.42. The Labute approximate surface area is 46.6 Å². The highest BCUT2D eigenvalue weighted by Gasteiger charge is 1.59. The van der Waals surface area contributed by atoms with Crippen molar-refractivity contribution in [1.29, 1.82) is 0 Å². The lowest BCUT2D eigenvalue weighted by Gasteiger charge is -1.41. The zero-order valence-electron chi connectivity index (χ0n) is 4.03. The van der Waals surface area contributed by atoms with Crippen LogP contribution in [0.3, 0.4) is 0 Å². The van der Waals surface area contributed by atoms with E-state index in [1.165, 1.54) is 11.5 Å². The third-order valence-corrected chi connectivity index (χ3v) is 0.869. The van der Waals surface area contributed by atoms with Gasteiger partial charge in [0.15, 0.2) is 0 Å². The van der Waals surface area contributed by atoms with E-state index < -0.39 is 0 Å². The lowest BCUT2D eigenvalue weighted by molar-refractivity contribution is 0.399. The highest BCUT2D eigenvalue weighted by molar-refractivity contribution is 7.03. The molecule has 0 aromatic carbocycles. The van der Waals surface area contributed by atoms with Crippen molar-refractivity contribution in [3.8, 4) is 0 Å². The molecule has 1 aromatic heterocycles. The van der Waals surface area contributed by atoms with Gasteiger partial charge in [-0.1, -0.05) is 0 Å². The first-order valence-corrected chi connectivity index (χ1v) is 2.63.